The largest absolute Gasteiger partial charge is 0.479 e. The molecule has 0 aliphatic carbocycles. The molecule has 7 heteroatoms. The van der Waals surface area contributed by atoms with Crippen LogP contribution in [0.1, 0.15) is 27.2 Å². The molecule has 0 amide bonds. The van der Waals surface area contributed by atoms with Crippen molar-refractivity contribution in [1.82, 2.24) is 4.72 Å². The summed E-state index contributed by atoms with van der Waals surface area (Å²) in [7, 11) is -3.47. The first-order chi connectivity index (χ1) is 6.58. The van der Waals surface area contributed by atoms with E-state index in [0.717, 1.165) is 0 Å². The maximum atomic E-state index is 11.5. The summed E-state index contributed by atoms with van der Waals surface area (Å²) in [6, 6.07) is 0. The number of carbonyl (C=O) groups is 1. The molecule has 1 unspecified atom stereocenters. The highest BCUT2D eigenvalue weighted by Crippen LogP contribution is 2.12. The summed E-state index contributed by atoms with van der Waals surface area (Å²) in [4.78, 5) is 10.2. The predicted octanol–water partition coefficient (Wildman–Crippen LogP) is -0.460. The van der Waals surface area contributed by atoms with Gasteiger partial charge in [-0.15, -0.1) is 0 Å². The second kappa shape index (κ2) is 4.91. The van der Waals surface area contributed by atoms with Crippen LogP contribution in [0.25, 0.3) is 0 Å². The Morgan fingerprint density at radius 1 is 1.40 bits per heavy atom. The van der Waals surface area contributed by atoms with Gasteiger partial charge in [0.2, 0.25) is 10.0 Å². The van der Waals surface area contributed by atoms with E-state index in [1.165, 1.54) is 20.8 Å². The van der Waals surface area contributed by atoms with E-state index in [0.29, 0.717) is 0 Å². The van der Waals surface area contributed by atoms with Gasteiger partial charge in [0.15, 0.2) is 6.10 Å². The molecule has 90 valence electrons. The van der Waals surface area contributed by atoms with Crippen LogP contribution < -0.4 is 4.72 Å². The molecule has 0 aromatic carbocycles. The number of aliphatic hydroxyl groups is 1. The Hall–Kier alpha value is -0.660. The Kier molecular flexibility index (Phi) is 4.69. The molecule has 0 rings (SSSR count). The topological polar surface area (TPSA) is 104 Å². The van der Waals surface area contributed by atoms with E-state index in [1.807, 2.05) is 0 Å². The second-order valence-corrected chi connectivity index (χ2v) is 6.67. The summed E-state index contributed by atoms with van der Waals surface area (Å²) in [5.74, 6) is -1.36. The molecule has 0 fully saturated rings. The molecule has 3 N–H and O–H groups in total. The normalized spacial score (nSPS) is 14.9. The van der Waals surface area contributed by atoms with Crippen molar-refractivity contribution in [3.63, 3.8) is 0 Å². The summed E-state index contributed by atoms with van der Waals surface area (Å²) >= 11 is 0. The second-order valence-electron chi connectivity index (χ2n) is 4.15. The third-order valence-electron chi connectivity index (χ3n) is 1.80. The molecule has 0 aromatic heterocycles. The zero-order valence-electron chi connectivity index (χ0n) is 9.02. The zero-order chi connectivity index (χ0) is 12.3. The Balaban J connectivity index is 4.14. The van der Waals surface area contributed by atoms with Crippen LogP contribution in [-0.4, -0.2) is 42.0 Å². The van der Waals surface area contributed by atoms with Gasteiger partial charge in [0, 0.05) is 6.54 Å². The van der Waals surface area contributed by atoms with Crippen LogP contribution in [0, 0.1) is 0 Å². The molecule has 0 radical (unpaired) electrons. The number of nitrogens with one attached hydrogen (secondary N) is 1. The Morgan fingerprint density at radius 2 is 1.87 bits per heavy atom. The van der Waals surface area contributed by atoms with E-state index < -0.39 is 26.8 Å². The van der Waals surface area contributed by atoms with Crippen molar-refractivity contribution in [3.8, 4) is 0 Å². The number of carboxylic acids is 1. The smallest absolute Gasteiger partial charge is 0.332 e. The average molecular weight is 239 g/mol. The average Bonchev–Trinajstić information content (AvgIpc) is 2.01. The van der Waals surface area contributed by atoms with Gasteiger partial charge >= 0.3 is 5.97 Å². The first-order valence-corrected chi connectivity index (χ1v) is 5.96. The number of carboxylic acid groups (broad SMARTS) is 1. The van der Waals surface area contributed by atoms with Crippen LogP contribution >= 0.6 is 0 Å². The maximum absolute atomic E-state index is 11.5. The van der Waals surface area contributed by atoms with Gasteiger partial charge in [0.25, 0.3) is 0 Å². The molecule has 0 saturated carbocycles. The van der Waals surface area contributed by atoms with Gasteiger partial charge in [-0.25, -0.2) is 17.9 Å². The predicted molar refractivity (Wildman–Crippen MR) is 54.9 cm³/mol. The van der Waals surface area contributed by atoms with Crippen molar-refractivity contribution >= 4 is 16.0 Å². The van der Waals surface area contributed by atoms with Crippen LogP contribution in [0.15, 0.2) is 0 Å². The summed E-state index contributed by atoms with van der Waals surface area (Å²) in [6.45, 7) is 4.50. The van der Waals surface area contributed by atoms with Crippen molar-refractivity contribution in [2.45, 2.75) is 38.0 Å². The number of hydrogen-bond donors (Lipinski definition) is 3. The van der Waals surface area contributed by atoms with E-state index in [4.69, 9.17) is 10.2 Å². The summed E-state index contributed by atoms with van der Waals surface area (Å²) in [5, 5.41) is 17.2. The molecular weight excluding hydrogens is 222 g/mol. The van der Waals surface area contributed by atoms with Crippen LogP contribution in [0.5, 0.6) is 0 Å². The van der Waals surface area contributed by atoms with E-state index in [-0.39, 0.29) is 13.0 Å². The van der Waals surface area contributed by atoms with Gasteiger partial charge in [0.05, 0.1) is 4.75 Å². The van der Waals surface area contributed by atoms with Crippen molar-refractivity contribution in [1.29, 1.82) is 0 Å². The van der Waals surface area contributed by atoms with Gasteiger partial charge < -0.3 is 10.2 Å². The molecule has 15 heavy (non-hydrogen) atoms. The summed E-state index contributed by atoms with van der Waals surface area (Å²) in [6.07, 6.45) is -1.68. The molecule has 0 aliphatic rings. The third kappa shape index (κ3) is 4.59. The minimum atomic E-state index is -3.47. The van der Waals surface area contributed by atoms with E-state index in [2.05, 4.69) is 4.72 Å². The Labute approximate surface area is 89.4 Å². The molecule has 6 nitrogen and oxygen atoms in total. The fraction of sp³-hybridized carbons (Fsp3) is 0.875. The van der Waals surface area contributed by atoms with Crippen LogP contribution in [0.2, 0.25) is 0 Å². The molecule has 0 heterocycles. The molecule has 0 bridgehead atoms. The first-order valence-electron chi connectivity index (χ1n) is 4.48. The highest BCUT2D eigenvalue weighted by Gasteiger charge is 2.28. The van der Waals surface area contributed by atoms with Gasteiger partial charge in [-0.1, -0.05) is 0 Å². The highest BCUT2D eigenvalue weighted by molar-refractivity contribution is 7.90. The van der Waals surface area contributed by atoms with E-state index in [1.54, 1.807) is 0 Å². The van der Waals surface area contributed by atoms with Crippen molar-refractivity contribution < 1.29 is 23.4 Å². The van der Waals surface area contributed by atoms with E-state index in [9.17, 15) is 13.2 Å². The molecule has 0 saturated heterocycles. The van der Waals surface area contributed by atoms with Crippen molar-refractivity contribution in [2.24, 2.45) is 0 Å². The van der Waals surface area contributed by atoms with E-state index >= 15 is 0 Å². The highest BCUT2D eigenvalue weighted by atomic mass is 32.2. The molecule has 0 aromatic rings. The molecule has 1 atom stereocenters. The minimum Gasteiger partial charge on any atom is -0.479 e. The Bertz CT molecular complexity index is 316. The molecular formula is C8H17NO5S. The lowest BCUT2D eigenvalue weighted by molar-refractivity contribution is -0.146. The fourth-order valence-electron chi connectivity index (χ4n) is 0.670. The first kappa shape index (κ1) is 14.3. The van der Waals surface area contributed by atoms with Gasteiger partial charge in [-0.05, 0) is 27.2 Å². The van der Waals surface area contributed by atoms with Crippen LogP contribution in [-0.2, 0) is 14.8 Å². The zero-order valence-corrected chi connectivity index (χ0v) is 9.84. The van der Waals surface area contributed by atoms with Crippen molar-refractivity contribution in [3.05, 3.63) is 0 Å². The quantitative estimate of drug-likeness (QED) is 0.602. The number of aliphatic hydroxyl groups excluding tert-OH is 1. The standard InChI is InChI=1S/C8H17NO5S/c1-8(2,3)15(13,14)9-5-4-6(10)7(11)12/h6,9-10H,4-5H2,1-3H3,(H,11,12). The summed E-state index contributed by atoms with van der Waals surface area (Å²) in [5.41, 5.74) is 0. The van der Waals surface area contributed by atoms with Gasteiger partial charge in [0.1, 0.15) is 0 Å². The fourth-order valence-corrected chi connectivity index (χ4v) is 1.49. The minimum absolute atomic E-state index is 0.0902. The van der Waals surface area contributed by atoms with Gasteiger partial charge in [-0.3, -0.25) is 0 Å². The Morgan fingerprint density at radius 3 is 2.20 bits per heavy atom. The third-order valence-corrected chi connectivity index (χ3v) is 4.00. The molecule has 0 spiro atoms. The monoisotopic (exact) mass is 239 g/mol. The SMILES string of the molecule is CC(C)(C)S(=O)(=O)NCCC(O)C(=O)O. The lowest BCUT2D eigenvalue weighted by Crippen LogP contribution is -2.40. The lowest BCUT2D eigenvalue weighted by atomic mass is 10.3. The number of hydrogen-bond acceptors (Lipinski definition) is 4. The van der Waals surface area contributed by atoms with Crippen LogP contribution in [0.3, 0.4) is 0 Å². The number of rotatable bonds is 5. The maximum Gasteiger partial charge on any atom is 0.332 e. The van der Waals surface area contributed by atoms with Crippen molar-refractivity contribution in [2.75, 3.05) is 6.54 Å². The summed E-state index contributed by atoms with van der Waals surface area (Å²) < 4.78 is 24.2. The molecule has 0 aliphatic heterocycles. The lowest BCUT2D eigenvalue weighted by Gasteiger charge is -2.19. The number of aliphatic carboxylic acids is 1. The van der Waals surface area contributed by atoms with Gasteiger partial charge in [-0.2, -0.15) is 0 Å². The van der Waals surface area contributed by atoms with Crippen LogP contribution in [0.4, 0.5) is 0 Å². The number of sulfonamides is 1.